The molecule has 82 valence electrons. The molecular weight excluding hydrogens is 194 g/mol. The van der Waals surface area contributed by atoms with E-state index in [2.05, 4.69) is 5.32 Å². The number of amides is 1. The molecule has 1 aromatic rings. The number of carbonyl (C=O) groups is 1. The molecule has 0 heterocycles. The molecule has 4 nitrogen and oxygen atoms in total. The smallest absolute Gasteiger partial charge is 0.207 e. The fourth-order valence-electron chi connectivity index (χ4n) is 1.37. The Morgan fingerprint density at radius 3 is 2.60 bits per heavy atom. The topological polar surface area (TPSA) is 47.6 Å². The second kappa shape index (κ2) is 5.24. The van der Waals surface area contributed by atoms with Gasteiger partial charge in [-0.15, -0.1) is 0 Å². The van der Waals surface area contributed by atoms with E-state index in [0.717, 1.165) is 11.3 Å². The predicted molar refractivity (Wildman–Crippen MR) is 57.2 cm³/mol. The largest absolute Gasteiger partial charge is 0.497 e. The standard InChI is InChI=1S/C11H15NO3/c1-8(12-7-13)10-5-4-9(14-2)6-11(10)15-3/h4-8H,1-3H3,(H,12,13)/t8-/m1/s1. The summed E-state index contributed by atoms with van der Waals surface area (Å²) in [5.41, 5.74) is 0.922. The summed E-state index contributed by atoms with van der Waals surface area (Å²) in [6.45, 7) is 1.89. The van der Waals surface area contributed by atoms with Crippen molar-refractivity contribution < 1.29 is 14.3 Å². The predicted octanol–water partition coefficient (Wildman–Crippen LogP) is 1.51. The maximum absolute atomic E-state index is 10.3. The van der Waals surface area contributed by atoms with Crippen molar-refractivity contribution in [1.82, 2.24) is 5.32 Å². The van der Waals surface area contributed by atoms with Crippen molar-refractivity contribution in [3.8, 4) is 11.5 Å². The average Bonchev–Trinajstić information content (AvgIpc) is 2.28. The maximum atomic E-state index is 10.3. The first-order chi connectivity index (χ1) is 7.22. The summed E-state index contributed by atoms with van der Waals surface area (Å²) in [5.74, 6) is 1.44. The van der Waals surface area contributed by atoms with Gasteiger partial charge >= 0.3 is 0 Å². The minimum atomic E-state index is -0.0802. The van der Waals surface area contributed by atoms with Gasteiger partial charge in [0.1, 0.15) is 11.5 Å². The Bertz CT molecular complexity index is 339. The lowest BCUT2D eigenvalue weighted by Crippen LogP contribution is -2.16. The van der Waals surface area contributed by atoms with Crippen molar-refractivity contribution in [3.63, 3.8) is 0 Å². The Balaban J connectivity index is 3.01. The lowest BCUT2D eigenvalue weighted by atomic mass is 10.1. The fourth-order valence-corrected chi connectivity index (χ4v) is 1.37. The number of rotatable bonds is 5. The van der Waals surface area contributed by atoms with Crippen LogP contribution in [0.2, 0.25) is 0 Å². The third kappa shape index (κ3) is 2.62. The monoisotopic (exact) mass is 209 g/mol. The number of ether oxygens (including phenoxy) is 2. The molecule has 0 aromatic heterocycles. The van der Waals surface area contributed by atoms with Gasteiger partial charge in [-0.1, -0.05) is 0 Å². The van der Waals surface area contributed by atoms with Crippen molar-refractivity contribution >= 4 is 6.41 Å². The van der Waals surface area contributed by atoms with Crippen LogP contribution in [0.4, 0.5) is 0 Å². The zero-order valence-electron chi connectivity index (χ0n) is 9.11. The van der Waals surface area contributed by atoms with Gasteiger partial charge in [-0.2, -0.15) is 0 Å². The van der Waals surface area contributed by atoms with Gasteiger partial charge in [0.15, 0.2) is 0 Å². The van der Waals surface area contributed by atoms with Crippen molar-refractivity contribution in [3.05, 3.63) is 23.8 Å². The lowest BCUT2D eigenvalue weighted by Gasteiger charge is -2.15. The highest BCUT2D eigenvalue weighted by Crippen LogP contribution is 2.28. The molecule has 15 heavy (non-hydrogen) atoms. The number of hydrogen-bond donors (Lipinski definition) is 1. The second-order valence-electron chi connectivity index (χ2n) is 3.11. The fraction of sp³-hybridized carbons (Fsp3) is 0.364. The average molecular weight is 209 g/mol. The Morgan fingerprint density at radius 1 is 1.33 bits per heavy atom. The van der Waals surface area contributed by atoms with E-state index in [9.17, 15) is 4.79 Å². The highest BCUT2D eigenvalue weighted by molar-refractivity contribution is 5.50. The molecule has 0 saturated carbocycles. The summed E-state index contributed by atoms with van der Waals surface area (Å²) in [5, 5.41) is 2.67. The van der Waals surface area contributed by atoms with Crippen LogP contribution in [-0.4, -0.2) is 20.6 Å². The minimum absolute atomic E-state index is 0.0802. The molecule has 0 spiro atoms. The Hall–Kier alpha value is -1.71. The summed E-state index contributed by atoms with van der Waals surface area (Å²) < 4.78 is 10.3. The van der Waals surface area contributed by atoms with E-state index in [1.165, 1.54) is 0 Å². The van der Waals surface area contributed by atoms with E-state index in [1.54, 1.807) is 20.3 Å². The molecule has 1 N–H and O–H groups in total. The van der Waals surface area contributed by atoms with E-state index in [1.807, 2.05) is 19.1 Å². The van der Waals surface area contributed by atoms with Crippen LogP contribution < -0.4 is 14.8 Å². The molecule has 0 saturated heterocycles. The van der Waals surface area contributed by atoms with Gasteiger partial charge in [0.25, 0.3) is 0 Å². The van der Waals surface area contributed by atoms with Gasteiger partial charge in [0, 0.05) is 11.6 Å². The minimum Gasteiger partial charge on any atom is -0.497 e. The van der Waals surface area contributed by atoms with Gasteiger partial charge in [-0.25, -0.2) is 0 Å². The number of methoxy groups -OCH3 is 2. The highest BCUT2D eigenvalue weighted by Gasteiger charge is 2.11. The van der Waals surface area contributed by atoms with Crippen LogP contribution in [0, 0.1) is 0 Å². The number of benzene rings is 1. The summed E-state index contributed by atoms with van der Waals surface area (Å²) in [7, 11) is 3.19. The van der Waals surface area contributed by atoms with E-state index in [4.69, 9.17) is 9.47 Å². The molecule has 1 aromatic carbocycles. The first-order valence-corrected chi connectivity index (χ1v) is 4.64. The molecule has 0 aliphatic heterocycles. The third-order valence-corrected chi connectivity index (χ3v) is 2.23. The molecule has 1 amide bonds. The highest BCUT2D eigenvalue weighted by atomic mass is 16.5. The van der Waals surface area contributed by atoms with Gasteiger partial charge in [0.05, 0.1) is 20.3 Å². The van der Waals surface area contributed by atoms with Crippen molar-refractivity contribution in [2.24, 2.45) is 0 Å². The van der Waals surface area contributed by atoms with Gasteiger partial charge in [0.2, 0.25) is 6.41 Å². The zero-order valence-corrected chi connectivity index (χ0v) is 9.11. The quantitative estimate of drug-likeness (QED) is 0.748. The first kappa shape index (κ1) is 11.4. The molecule has 1 rings (SSSR count). The molecular formula is C11H15NO3. The van der Waals surface area contributed by atoms with Gasteiger partial charge < -0.3 is 14.8 Å². The zero-order chi connectivity index (χ0) is 11.3. The van der Waals surface area contributed by atoms with Crippen LogP contribution >= 0.6 is 0 Å². The molecule has 1 atom stereocenters. The summed E-state index contributed by atoms with van der Waals surface area (Å²) in [6, 6.07) is 5.42. The van der Waals surface area contributed by atoms with Gasteiger partial charge in [-0.3, -0.25) is 4.79 Å². The van der Waals surface area contributed by atoms with Crippen molar-refractivity contribution in [1.29, 1.82) is 0 Å². The van der Waals surface area contributed by atoms with E-state index < -0.39 is 0 Å². The third-order valence-electron chi connectivity index (χ3n) is 2.23. The van der Waals surface area contributed by atoms with Crippen LogP contribution in [-0.2, 0) is 4.79 Å². The lowest BCUT2D eigenvalue weighted by molar-refractivity contribution is -0.110. The second-order valence-corrected chi connectivity index (χ2v) is 3.11. The SMILES string of the molecule is COc1ccc([C@@H](C)NC=O)c(OC)c1. The van der Waals surface area contributed by atoms with Crippen LogP contribution in [0.25, 0.3) is 0 Å². The molecule has 0 aliphatic carbocycles. The van der Waals surface area contributed by atoms with E-state index >= 15 is 0 Å². The van der Waals surface area contributed by atoms with E-state index in [0.29, 0.717) is 12.2 Å². The van der Waals surface area contributed by atoms with Crippen LogP contribution in [0.5, 0.6) is 11.5 Å². The Labute approximate surface area is 89.2 Å². The number of carbonyl (C=O) groups excluding carboxylic acids is 1. The normalized spacial score (nSPS) is 11.7. The molecule has 0 unspecified atom stereocenters. The summed E-state index contributed by atoms with van der Waals surface area (Å²) in [4.78, 5) is 10.3. The summed E-state index contributed by atoms with van der Waals surface area (Å²) >= 11 is 0. The Morgan fingerprint density at radius 2 is 2.07 bits per heavy atom. The van der Waals surface area contributed by atoms with Crippen LogP contribution in [0.3, 0.4) is 0 Å². The first-order valence-electron chi connectivity index (χ1n) is 4.64. The molecule has 0 aliphatic rings. The molecule has 0 radical (unpaired) electrons. The van der Waals surface area contributed by atoms with Crippen LogP contribution in [0.15, 0.2) is 18.2 Å². The Kier molecular flexibility index (Phi) is 3.97. The number of hydrogen-bond acceptors (Lipinski definition) is 3. The van der Waals surface area contributed by atoms with Crippen molar-refractivity contribution in [2.45, 2.75) is 13.0 Å². The van der Waals surface area contributed by atoms with Crippen molar-refractivity contribution in [2.75, 3.05) is 14.2 Å². The molecule has 0 bridgehead atoms. The maximum Gasteiger partial charge on any atom is 0.207 e. The molecule has 4 heteroatoms. The summed E-state index contributed by atoms with van der Waals surface area (Å²) in [6.07, 6.45) is 0.675. The van der Waals surface area contributed by atoms with E-state index in [-0.39, 0.29) is 6.04 Å². The molecule has 0 fully saturated rings. The van der Waals surface area contributed by atoms with Crippen LogP contribution in [0.1, 0.15) is 18.5 Å². The van der Waals surface area contributed by atoms with Gasteiger partial charge in [-0.05, 0) is 19.1 Å². The number of nitrogens with one attached hydrogen (secondary N) is 1.